The van der Waals surface area contributed by atoms with Crippen LogP contribution in [0.2, 0.25) is 0 Å². The Bertz CT molecular complexity index is 371. The van der Waals surface area contributed by atoms with Crippen LogP contribution in [0.1, 0.15) is 17.5 Å². The number of rotatable bonds is 1. The molecule has 72 valence electrons. The third-order valence-corrected chi connectivity index (χ3v) is 2.45. The lowest BCUT2D eigenvalue weighted by Crippen LogP contribution is -2.00. The molecule has 1 aliphatic rings. The predicted molar refractivity (Wildman–Crippen MR) is 57.8 cm³/mol. The average Bonchev–Trinajstić information content (AvgIpc) is 2.19. The van der Waals surface area contributed by atoms with Crippen LogP contribution in [0.3, 0.4) is 0 Å². The largest absolute Gasteiger partial charge is 0.243 e. The van der Waals surface area contributed by atoms with Crippen LogP contribution < -0.4 is 0 Å². The maximum Gasteiger partial charge on any atom is 0.123 e. The van der Waals surface area contributed by atoms with Crippen LogP contribution in [0.5, 0.6) is 0 Å². The highest BCUT2D eigenvalue weighted by molar-refractivity contribution is 5.69. The fourth-order valence-electron chi connectivity index (χ4n) is 1.62. The average molecular weight is 188 g/mol. The summed E-state index contributed by atoms with van der Waals surface area (Å²) in [7, 11) is 0. The van der Waals surface area contributed by atoms with Crippen molar-refractivity contribution >= 4 is 5.57 Å². The lowest BCUT2D eigenvalue weighted by atomic mass is 9.96. The van der Waals surface area contributed by atoms with Crippen LogP contribution in [0.4, 0.5) is 4.39 Å². The van der Waals surface area contributed by atoms with Gasteiger partial charge in [0, 0.05) is 6.42 Å². The molecule has 1 unspecified atom stereocenters. The standard InChI is InChI=1S/C13H13F/c1-10-5-7-11(8-6-10)12-3-2-4-13(14)9-12/h2-8,13H,9H2,1H3. The second-order valence-corrected chi connectivity index (χ2v) is 3.66. The first kappa shape index (κ1) is 9.20. The molecule has 0 heterocycles. The van der Waals surface area contributed by atoms with Gasteiger partial charge in [-0.05, 0) is 18.1 Å². The third kappa shape index (κ3) is 1.92. The lowest BCUT2D eigenvalue weighted by molar-refractivity contribution is 0.406. The first-order valence-electron chi connectivity index (χ1n) is 4.84. The van der Waals surface area contributed by atoms with E-state index in [2.05, 4.69) is 19.1 Å². The molecule has 0 nitrogen and oxygen atoms in total. The number of allylic oxidation sites excluding steroid dienone is 4. The van der Waals surface area contributed by atoms with Crippen LogP contribution >= 0.6 is 0 Å². The molecule has 0 spiro atoms. The molecule has 0 radical (unpaired) electrons. The van der Waals surface area contributed by atoms with Gasteiger partial charge in [0.15, 0.2) is 0 Å². The minimum atomic E-state index is -0.823. The molecule has 0 bridgehead atoms. The number of hydrogen-bond donors (Lipinski definition) is 0. The number of benzene rings is 1. The molecule has 0 N–H and O–H groups in total. The van der Waals surface area contributed by atoms with Gasteiger partial charge in [-0.1, -0.05) is 48.1 Å². The maximum atomic E-state index is 13.1. The Morgan fingerprint density at radius 3 is 2.57 bits per heavy atom. The van der Waals surface area contributed by atoms with Crippen molar-refractivity contribution in [2.75, 3.05) is 0 Å². The van der Waals surface area contributed by atoms with Gasteiger partial charge >= 0.3 is 0 Å². The van der Waals surface area contributed by atoms with Gasteiger partial charge in [0.05, 0.1) is 0 Å². The molecule has 1 aromatic rings. The van der Waals surface area contributed by atoms with Crippen molar-refractivity contribution in [3.05, 3.63) is 53.6 Å². The van der Waals surface area contributed by atoms with Crippen molar-refractivity contribution < 1.29 is 4.39 Å². The fourth-order valence-corrected chi connectivity index (χ4v) is 1.62. The van der Waals surface area contributed by atoms with Gasteiger partial charge in [-0.3, -0.25) is 0 Å². The van der Waals surface area contributed by atoms with Crippen LogP contribution in [0, 0.1) is 6.92 Å². The van der Waals surface area contributed by atoms with Crippen molar-refractivity contribution in [2.45, 2.75) is 19.5 Å². The Morgan fingerprint density at radius 2 is 1.93 bits per heavy atom. The van der Waals surface area contributed by atoms with Gasteiger partial charge in [-0.25, -0.2) is 4.39 Å². The van der Waals surface area contributed by atoms with E-state index < -0.39 is 6.17 Å². The normalized spacial score (nSPS) is 20.7. The van der Waals surface area contributed by atoms with Crippen molar-refractivity contribution in [3.63, 3.8) is 0 Å². The van der Waals surface area contributed by atoms with Crippen LogP contribution in [0.25, 0.3) is 5.57 Å². The van der Waals surface area contributed by atoms with Gasteiger partial charge in [-0.2, -0.15) is 0 Å². The summed E-state index contributed by atoms with van der Waals surface area (Å²) in [4.78, 5) is 0. The summed E-state index contributed by atoms with van der Waals surface area (Å²) in [6.07, 6.45) is 5.05. The van der Waals surface area contributed by atoms with E-state index >= 15 is 0 Å². The van der Waals surface area contributed by atoms with Gasteiger partial charge in [0.1, 0.15) is 6.17 Å². The molecule has 14 heavy (non-hydrogen) atoms. The Labute approximate surface area is 83.8 Å². The Morgan fingerprint density at radius 1 is 1.21 bits per heavy atom. The van der Waals surface area contributed by atoms with Crippen molar-refractivity contribution in [2.24, 2.45) is 0 Å². The molecule has 0 aliphatic heterocycles. The highest BCUT2D eigenvalue weighted by Crippen LogP contribution is 2.25. The number of alkyl halides is 1. The van der Waals surface area contributed by atoms with E-state index in [0.717, 1.165) is 11.1 Å². The SMILES string of the molecule is Cc1ccc(C2=CC=CC(F)C2)cc1. The topological polar surface area (TPSA) is 0 Å². The smallest absolute Gasteiger partial charge is 0.123 e. The summed E-state index contributed by atoms with van der Waals surface area (Å²) in [6.45, 7) is 2.05. The number of hydrogen-bond acceptors (Lipinski definition) is 0. The van der Waals surface area contributed by atoms with Crippen molar-refractivity contribution in [1.82, 2.24) is 0 Å². The Kier molecular flexibility index (Phi) is 2.49. The molecular formula is C13H13F. The van der Waals surface area contributed by atoms with E-state index in [-0.39, 0.29) is 0 Å². The maximum absolute atomic E-state index is 13.1. The first-order valence-corrected chi connectivity index (χ1v) is 4.84. The Balaban J connectivity index is 2.27. The highest BCUT2D eigenvalue weighted by Gasteiger charge is 2.10. The molecule has 0 saturated carbocycles. The minimum absolute atomic E-state index is 0.500. The summed E-state index contributed by atoms with van der Waals surface area (Å²) >= 11 is 0. The van der Waals surface area contributed by atoms with Crippen LogP contribution in [-0.2, 0) is 0 Å². The second-order valence-electron chi connectivity index (χ2n) is 3.66. The van der Waals surface area contributed by atoms with Crippen LogP contribution in [-0.4, -0.2) is 6.17 Å². The van der Waals surface area contributed by atoms with Gasteiger partial charge in [0.2, 0.25) is 0 Å². The summed E-state index contributed by atoms with van der Waals surface area (Å²) in [5, 5.41) is 0. The van der Waals surface area contributed by atoms with Crippen molar-refractivity contribution in [1.29, 1.82) is 0 Å². The van der Waals surface area contributed by atoms with E-state index in [1.807, 2.05) is 18.2 Å². The lowest BCUT2D eigenvalue weighted by Gasteiger charge is -2.12. The van der Waals surface area contributed by atoms with E-state index in [4.69, 9.17) is 0 Å². The minimum Gasteiger partial charge on any atom is -0.243 e. The zero-order valence-electron chi connectivity index (χ0n) is 8.20. The van der Waals surface area contributed by atoms with Gasteiger partial charge in [-0.15, -0.1) is 0 Å². The molecule has 1 aromatic carbocycles. The summed E-state index contributed by atoms with van der Waals surface area (Å²) in [5.74, 6) is 0. The van der Waals surface area contributed by atoms with E-state index in [9.17, 15) is 4.39 Å². The summed E-state index contributed by atoms with van der Waals surface area (Å²) < 4.78 is 13.1. The molecule has 1 aliphatic carbocycles. The number of halogens is 1. The molecule has 0 aromatic heterocycles. The fraction of sp³-hybridized carbons (Fsp3) is 0.231. The highest BCUT2D eigenvalue weighted by atomic mass is 19.1. The van der Waals surface area contributed by atoms with E-state index in [0.29, 0.717) is 6.42 Å². The van der Waals surface area contributed by atoms with Gasteiger partial charge in [0.25, 0.3) is 0 Å². The number of aryl methyl sites for hydroxylation is 1. The molecule has 0 amide bonds. The molecule has 2 rings (SSSR count). The molecular weight excluding hydrogens is 175 g/mol. The monoisotopic (exact) mass is 188 g/mol. The van der Waals surface area contributed by atoms with E-state index in [1.54, 1.807) is 12.2 Å². The Hall–Kier alpha value is -1.37. The summed E-state index contributed by atoms with van der Waals surface area (Å²) in [5.41, 5.74) is 3.44. The molecule has 0 saturated heterocycles. The van der Waals surface area contributed by atoms with E-state index in [1.165, 1.54) is 5.56 Å². The van der Waals surface area contributed by atoms with Gasteiger partial charge < -0.3 is 0 Å². The quantitative estimate of drug-likeness (QED) is 0.630. The predicted octanol–water partition coefficient (Wildman–Crippen LogP) is 3.68. The zero-order valence-corrected chi connectivity index (χ0v) is 8.20. The molecule has 0 fully saturated rings. The van der Waals surface area contributed by atoms with Crippen molar-refractivity contribution in [3.8, 4) is 0 Å². The first-order chi connectivity index (χ1) is 6.75. The second kappa shape index (κ2) is 3.79. The summed E-state index contributed by atoms with van der Waals surface area (Å²) in [6, 6.07) is 8.21. The molecule has 1 heteroatoms. The third-order valence-electron chi connectivity index (χ3n) is 2.45. The van der Waals surface area contributed by atoms with Crippen LogP contribution in [0.15, 0.2) is 42.5 Å². The zero-order chi connectivity index (χ0) is 9.97. The molecule has 1 atom stereocenters.